The fourth-order valence-corrected chi connectivity index (χ4v) is 0.171. The molecule has 0 bridgehead atoms. The largest absolute Gasteiger partial charge is 0.467 e. The molecule has 0 aliphatic heterocycles. The minimum atomic E-state index is -0.995. The fourth-order valence-electron chi connectivity index (χ4n) is 0.171. The van der Waals surface area contributed by atoms with E-state index in [0.717, 1.165) is 0 Å². The highest BCUT2D eigenvalue weighted by Crippen LogP contribution is 1.80. The van der Waals surface area contributed by atoms with Crippen molar-refractivity contribution in [3.63, 3.8) is 0 Å². The molecule has 0 rings (SSSR count). The summed E-state index contributed by atoms with van der Waals surface area (Å²) in [6.45, 7) is 7.35. The average molecular weight is 132 g/mol. The van der Waals surface area contributed by atoms with Crippen molar-refractivity contribution in [3.8, 4) is 0 Å². The van der Waals surface area contributed by atoms with Gasteiger partial charge >= 0.3 is 5.97 Å². The van der Waals surface area contributed by atoms with Crippen molar-refractivity contribution in [2.75, 3.05) is 7.11 Å². The topological polar surface area (TPSA) is 46.5 Å². The molecule has 0 spiro atoms. The third-order valence-corrected chi connectivity index (χ3v) is 0.542. The predicted molar refractivity (Wildman–Crippen MR) is 35.0 cm³/mol. The molecule has 0 aromatic carbocycles. The van der Waals surface area contributed by atoms with Gasteiger partial charge in [0.05, 0.1) is 7.11 Å². The van der Waals surface area contributed by atoms with Crippen LogP contribution in [0.2, 0.25) is 0 Å². The Morgan fingerprint density at radius 1 is 1.67 bits per heavy atom. The summed E-state index contributed by atoms with van der Waals surface area (Å²) in [6.07, 6.45) is -0.995. The molecule has 0 saturated heterocycles. The number of methoxy groups -OCH3 is 1. The van der Waals surface area contributed by atoms with Gasteiger partial charge < -0.3 is 9.84 Å². The third kappa shape index (κ3) is 7.17. The van der Waals surface area contributed by atoms with Gasteiger partial charge in [-0.25, -0.2) is 4.79 Å². The first-order chi connectivity index (χ1) is 4.18. The van der Waals surface area contributed by atoms with E-state index >= 15 is 0 Å². The van der Waals surface area contributed by atoms with Crippen molar-refractivity contribution < 1.29 is 14.6 Å². The van der Waals surface area contributed by atoms with Crippen LogP contribution >= 0.6 is 0 Å². The Bertz CT molecular complexity index is 78.4. The van der Waals surface area contributed by atoms with Crippen LogP contribution < -0.4 is 0 Å². The molecule has 1 unspecified atom stereocenters. The van der Waals surface area contributed by atoms with Crippen molar-refractivity contribution in [1.29, 1.82) is 0 Å². The van der Waals surface area contributed by atoms with E-state index in [1.54, 1.807) is 0 Å². The molecule has 0 saturated carbocycles. The zero-order chi connectivity index (χ0) is 7.86. The maximum absolute atomic E-state index is 10.0. The second-order valence-electron chi connectivity index (χ2n) is 1.20. The van der Waals surface area contributed by atoms with Gasteiger partial charge in [0.25, 0.3) is 0 Å². The molecule has 3 nitrogen and oxygen atoms in total. The number of aliphatic hydroxyl groups is 1. The minimum Gasteiger partial charge on any atom is -0.467 e. The van der Waals surface area contributed by atoms with Crippen LogP contribution in [0.15, 0.2) is 13.2 Å². The van der Waals surface area contributed by atoms with Crippen molar-refractivity contribution in [2.24, 2.45) is 0 Å². The van der Waals surface area contributed by atoms with Gasteiger partial charge in [0.1, 0.15) is 6.10 Å². The summed E-state index contributed by atoms with van der Waals surface area (Å²) in [7, 11) is 1.23. The zero-order valence-corrected chi connectivity index (χ0v) is 5.76. The summed E-state index contributed by atoms with van der Waals surface area (Å²) in [5.41, 5.74) is 0. The quantitative estimate of drug-likeness (QED) is 0.413. The zero-order valence-electron chi connectivity index (χ0n) is 5.76. The summed E-state index contributed by atoms with van der Waals surface area (Å²) in [5, 5.41) is 8.35. The second kappa shape index (κ2) is 7.17. The average Bonchev–Trinajstić information content (AvgIpc) is 1.91. The van der Waals surface area contributed by atoms with Gasteiger partial charge in [0.15, 0.2) is 0 Å². The lowest BCUT2D eigenvalue weighted by Crippen LogP contribution is -2.16. The predicted octanol–water partition coefficient (Wildman–Crippen LogP) is 0.342. The van der Waals surface area contributed by atoms with Gasteiger partial charge in [-0.1, -0.05) is 0 Å². The standard InChI is InChI=1S/C4H8O3.C2H4/c1-3(5)4(6)7-2;1-2/h3,5H,1-2H3;1-2H2. The molecule has 1 atom stereocenters. The minimum absolute atomic E-state index is 0.597. The van der Waals surface area contributed by atoms with Crippen LogP contribution in [0.5, 0.6) is 0 Å². The molecule has 9 heavy (non-hydrogen) atoms. The summed E-state index contributed by atoms with van der Waals surface area (Å²) in [5.74, 6) is -0.597. The Morgan fingerprint density at radius 3 is 2.00 bits per heavy atom. The molecule has 0 aromatic heterocycles. The van der Waals surface area contributed by atoms with Crippen LogP contribution in [-0.2, 0) is 9.53 Å². The monoisotopic (exact) mass is 132 g/mol. The van der Waals surface area contributed by atoms with Crippen LogP contribution in [0.4, 0.5) is 0 Å². The van der Waals surface area contributed by atoms with Crippen LogP contribution in [0, 0.1) is 0 Å². The highest BCUT2D eigenvalue weighted by molar-refractivity contribution is 5.73. The molecule has 0 heterocycles. The van der Waals surface area contributed by atoms with Gasteiger partial charge in [-0.05, 0) is 6.92 Å². The van der Waals surface area contributed by atoms with Crippen molar-refractivity contribution in [1.82, 2.24) is 0 Å². The van der Waals surface area contributed by atoms with Crippen molar-refractivity contribution in [2.45, 2.75) is 13.0 Å². The molecule has 54 valence electrons. The molecule has 0 fully saturated rings. The van der Waals surface area contributed by atoms with Crippen LogP contribution in [0.3, 0.4) is 0 Å². The van der Waals surface area contributed by atoms with Crippen LogP contribution in [0.25, 0.3) is 0 Å². The van der Waals surface area contributed by atoms with Gasteiger partial charge in [0, 0.05) is 0 Å². The number of carbonyl (C=O) groups excluding carboxylic acids is 1. The third-order valence-electron chi connectivity index (χ3n) is 0.542. The number of aliphatic hydroxyl groups excluding tert-OH is 1. The smallest absolute Gasteiger partial charge is 0.334 e. The Hall–Kier alpha value is -0.830. The van der Waals surface area contributed by atoms with Gasteiger partial charge in [-0.15, -0.1) is 13.2 Å². The number of rotatable bonds is 1. The molecule has 0 aliphatic rings. The molecule has 0 aliphatic carbocycles. The van der Waals surface area contributed by atoms with Gasteiger partial charge in [-0.2, -0.15) is 0 Å². The van der Waals surface area contributed by atoms with Crippen molar-refractivity contribution >= 4 is 5.97 Å². The SMILES string of the molecule is C=C.COC(=O)C(C)O. The molecule has 3 heteroatoms. The Balaban J connectivity index is 0. The lowest BCUT2D eigenvalue weighted by atomic mass is 10.4. The van der Waals surface area contributed by atoms with Crippen molar-refractivity contribution in [3.05, 3.63) is 13.2 Å². The Kier molecular flexibility index (Phi) is 8.79. The normalized spacial score (nSPS) is 10.6. The number of esters is 1. The maximum atomic E-state index is 10.0. The number of hydrogen-bond acceptors (Lipinski definition) is 3. The first-order valence-corrected chi connectivity index (χ1v) is 2.44. The summed E-state index contributed by atoms with van der Waals surface area (Å²) in [4.78, 5) is 10.0. The van der Waals surface area contributed by atoms with E-state index in [1.165, 1.54) is 14.0 Å². The molecular formula is C6H12O3. The fraction of sp³-hybridized carbons (Fsp3) is 0.500. The molecular weight excluding hydrogens is 120 g/mol. The number of carbonyl (C=O) groups is 1. The lowest BCUT2D eigenvalue weighted by molar-refractivity contribution is -0.149. The highest BCUT2D eigenvalue weighted by atomic mass is 16.5. The van der Waals surface area contributed by atoms with Gasteiger partial charge in [-0.3, -0.25) is 0 Å². The van der Waals surface area contributed by atoms with E-state index in [1.807, 2.05) is 0 Å². The van der Waals surface area contributed by atoms with E-state index in [4.69, 9.17) is 5.11 Å². The number of hydrogen-bond donors (Lipinski definition) is 1. The van der Waals surface area contributed by atoms with E-state index in [9.17, 15) is 4.79 Å². The van der Waals surface area contributed by atoms with E-state index in [2.05, 4.69) is 17.9 Å². The summed E-state index contributed by atoms with van der Waals surface area (Å²) >= 11 is 0. The van der Waals surface area contributed by atoms with Gasteiger partial charge in [0.2, 0.25) is 0 Å². The van der Waals surface area contributed by atoms with E-state index in [-0.39, 0.29) is 0 Å². The maximum Gasteiger partial charge on any atom is 0.334 e. The van der Waals surface area contributed by atoms with E-state index < -0.39 is 12.1 Å². The molecule has 0 radical (unpaired) electrons. The second-order valence-corrected chi connectivity index (χ2v) is 1.20. The molecule has 0 aromatic rings. The van der Waals surface area contributed by atoms with E-state index in [0.29, 0.717) is 0 Å². The first-order valence-electron chi connectivity index (χ1n) is 2.44. The Morgan fingerprint density at radius 2 is 2.00 bits per heavy atom. The number of ether oxygens (including phenoxy) is 1. The van der Waals surface area contributed by atoms with Crippen LogP contribution in [0.1, 0.15) is 6.92 Å². The lowest BCUT2D eigenvalue weighted by Gasteiger charge is -1.97. The van der Waals surface area contributed by atoms with Crippen LogP contribution in [-0.4, -0.2) is 24.3 Å². The summed E-state index contributed by atoms with van der Waals surface area (Å²) in [6, 6.07) is 0. The molecule has 0 amide bonds. The Labute approximate surface area is 54.9 Å². The summed E-state index contributed by atoms with van der Waals surface area (Å²) < 4.78 is 4.12. The first kappa shape index (κ1) is 11.0. The molecule has 1 N–H and O–H groups in total. The highest BCUT2D eigenvalue weighted by Gasteiger charge is 2.05.